The molecular weight excluding hydrogens is 208 g/mol. The lowest BCUT2D eigenvalue weighted by Crippen LogP contribution is -2.25. The zero-order valence-electron chi connectivity index (χ0n) is 11.3. The van der Waals surface area contributed by atoms with Gasteiger partial charge in [0.2, 0.25) is 0 Å². The molecule has 17 heavy (non-hydrogen) atoms. The van der Waals surface area contributed by atoms with E-state index in [0.29, 0.717) is 11.3 Å². The van der Waals surface area contributed by atoms with Gasteiger partial charge in [0.15, 0.2) is 0 Å². The third-order valence-corrected chi connectivity index (χ3v) is 5.07. The maximum absolute atomic E-state index is 6.04. The van der Waals surface area contributed by atoms with Gasteiger partial charge in [0.1, 0.15) is 5.75 Å². The minimum Gasteiger partial charge on any atom is -0.492 e. The van der Waals surface area contributed by atoms with E-state index in [2.05, 4.69) is 45.9 Å². The number of hydrogen-bond acceptors (Lipinski definition) is 1. The lowest BCUT2D eigenvalue weighted by molar-refractivity contribution is 0.303. The third-order valence-electron chi connectivity index (χ3n) is 5.07. The maximum Gasteiger partial charge on any atom is 0.126 e. The molecule has 0 radical (unpaired) electrons. The quantitative estimate of drug-likeness (QED) is 0.745. The summed E-state index contributed by atoms with van der Waals surface area (Å²) in [6.45, 7) is 10.2. The van der Waals surface area contributed by atoms with Gasteiger partial charge < -0.3 is 4.74 Å². The van der Waals surface area contributed by atoms with Crippen molar-refractivity contribution in [2.75, 3.05) is 6.61 Å². The van der Waals surface area contributed by atoms with Crippen molar-refractivity contribution in [1.82, 2.24) is 0 Å². The predicted octanol–water partition coefficient (Wildman–Crippen LogP) is 4.04. The van der Waals surface area contributed by atoms with Crippen molar-refractivity contribution in [2.24, 2.45) is 5.92 Å². The topological polar surface area (TPSA) is 9.23 Å². The van der Waals surface area contributed by atoms with Crippen molar-refractivity contribution in [3.63, 3.8) is 0 Å². The molecular formula is C16H22O. The average molecular weight is 230 g/mol. The van der Waals surface area contributed by atoms with Gasteiger partial charge in [-0.15, -0.1) is 0 Å². The molecule has 0 unspecified atom stereocenters. The summed E-state index contributed by atoms with van der Waals surface area (Å²) in [5.74, 6) is 1.82. The highest BCUT2D eigenvalue weighted by molar-refractivity contribution is 5.54. The van der Waals surface area contributed by atoms with Crippen molar-refractivity contribution >= 4 is 0 Å². The molecule has 1 heterocycles. The highest BCUT2D eigenvalue weighted by atomic mass is 16.5. The van der Waals surface area contributed by atoms with Gasteiger partial charge in [0.05, 0.1) is 6.61 Å². The highest BCUT2D eigenvalue weighted by Crippen LogP contribution is 2.57. The van der Waals surface area contributed by atoms with Gasteiger partial charge in [-0.3, -0.25) is 0 Å². The second-order valence-electron chi connectivity index (χ2n) is 6.63. The fourth-order valence-corrected chi connectivity index (χ4v) is 2.78. The molecule has 0 amide bonds. The smallest absolute Gasteiger partial charge is 0.126 e. The number of benzene rings is 1. The fourth-order valence-electron chi connectivity index (χ4n) is 2.78. The van der Waals surface area contributed by atoms with E-state index >= 15 is 0 Å². The van der Waals surface area contributed by atoms with Crippen LogP contribution in [0.25, 0.3) is 0 Å². The minimum atomic E-state index is 0.186. The molecule has 1 heteroatoms. The van der Waals surface area contributed by atoms with E-state index in [0.717, 1.165) is 6.61 Å². The number of fused-ring (bicyclic) bond motifs is 2. The van der Waals surface area contributed by atoms with Gasteiger partial charge in [-0.1, -0.05) is 45.9 Å². The summed E-state index contributed by atoms with van der Waals surface area (Å²) in [6, 6.07) is 6.74. The summed E-state index contributed by atoms with van der Waals surface area (Å²) in [7, 11) is 0. The van der Waals surface area contributed by atoms with Crippen LogP contribution in [0.1, 0.15) is 51.7 Å². The molecule has 0 N–H and O–H groups in total. The van der Waals surface area contributed by atoms with Crippen molar-refractivity contribution in [3.05, 3.63) is 29.3 Å². The predicted molar refractivity (Wildman–Crippen MR) is 70.7 cm³/mol. The van der Waals surface area contributed by atoms with Crippen LogP contribution in [0.15, 0.2) is 18.2 Å². The number of rotatable bonds is 2. The van der Waals surface area contributed by atoms with Gasteiger partial charge in [0, 0.05) is 16.5 Å². The summed E-state index contributed by atoms with van der Waals surface area (Å²) in [5, 5.41) is 0. The van der Waals surface area contributed by atoms with E-state index in [1.807, 2.05) is 0 Å². The molecule has 1 aliphatic carbocycles. The summed E-state index contributed by atoms with van der Waals surface area (Å²) < 4.78 is 6.04. The average Bonchev–Trinajstić information content (AvgIpc) is 2.96. The van der Waals surface area contributed by atoms with Crippen LogP contribution in [-0.4, -0.2) is 6.61 Å². The molecule has 1 saturated carbocycles. The van der Waals surface area contributed by atoms with Gasteiger partial charge in [-0.25, -0.2) is 0 Å². The first-order valence-corrected chi connectivity index (χ1v) is 6.74. The fraction of sp³-hybridized carbons (Fsp3) is 0.625. The summed E-state index contributed by atoms with van der Waals surface area (Å²) in [6.07, 6.45) is 2.62. The van der Waals surface area contributed by atoms with Crippen LogP contribution in [0, 0.1) is 5.92 Å². The molecule has 1 aromatic rings. The summed E-state index contributed by atoms with van der Waals surface area (Å²) in [5.41, 5.74) is 3.46. The Hall–Kier alpha value is -0.980. The number of para-hydroxylation sites is 1. The normalized spacial score (nSPS) is 20.5. The van der Waals surface area contributed by atoms with Gasteiger partial charge in [-0.2, -0.15) is 0 Å². The zero-order valence-corrected chi connectivity index (χ0v) is 11.3. The van der Waals surface area contributed by atoms with E-state index in [1.165, 1.54) is 29.7 Å². The molecule has 0 atom stereocenters. The first-order valence-electron chi connectivity index (χ1n) is 6.74. The van der Waals surface area contributed by atoms with Gasteiger partial charge in [-0.05, 0) is 24.2 Å². The van der Waals surface area contributed by atoms with Crippen molar-refractivity contribution in [1.29, 1.82) is 0 Å². The Morgan fingerprint density at radius 3 is 2.53 bits per heavy atom. The van der Waals surface area contributed by atoms with Crippen LogP contribution in [-0.2, 0) is 10.8 Å². The minimum absolute atomic E-state index is 0.186. The SMILES string of the molecule is CC(C)C(C)(C)c1cccc2c1OCC21CC1. The highest BCUT2D eigenvalue weighted by Gasteiger charge is 2.51. The van der Waals surface area contributed by atoms with Crippen LogP contribution in [0.4, 0.5) is 0 Å². The number of hydrogen-bond donors (Lipinski definition) is 0. The van der Waals surface area contributed by atoms with E-state index in [1.54, 1.807) is 0 Å². The van der Waals surface area contributed by atoms with Gasteiger partial charge in [0.25, 0.3) is 0 Å². The van der Waals surface area contributed by atoms with Crippen molar-refractivity contribution < 1.29 is 4.74 Å². The third kappa shape index (κ3) is 1.44. The summed E-state index contributed by atoms with van der Waals surface area (Å²) >= 11 is 0. The Bertz CT molecular complexity index is 453. The zero-order chi connectivity index (χ0) is 12.3. The molecule has 0 bridgehead atoms. The van der Waals surface area contributed by atoms with Crippen LogP contribution in [0.2, 0.25) is 0 Å². The Morgan fingerprint density at radius 1 is 1.24 bits per heavy atom. The maximum atomic E-state index is 6.04. The van der Waals surface area contributed by atoms with Crippen molar-refractivity contribution in [3.8, 4) is 5.75 Å². The van der Waals surface area contributed by atoms with Gasteiger partial charge >= 0.3 is 0 Å². The van der Waals surface area contributed by atoms with E-state index in [4.69, 9.17) is 4.74 Å². The molecule has 1 aromatic carbocycles. The van der Waals surface area contributed by atoms with E-state index in [-0.39, 0.29) is 5.41 Å². The molecule has 1 spiro atoms. The molecule has 3 rings (SSSR count). The first-order chi connectivity index (χ1) is 7.97. The molecule has 1 nitrogen and oxygen atoms in total. The van der Waals surface area contributed by atoms with Crippen LogP contribution < -0.4 is 4.74 Å². The molecule has 92 valence electrons. The summed E-state index contributed by atoms with van der Waals surface area (Å²) in [4.78, 5) is 0. The lowest BCUT2D eigenvalue weighted by Gasteiger charge is -2.31. The van der Waals surface area contributed by atoms with E-state index in [9.17, 15) is 0 Å². The Labute approximate surface area is 104 Å². The standard InChI is InChI=1S/C16H22O/c1-11(2)15(3,4)12-6-5-7-13-14(12)17-10-16(13)8-9-16/h5-7,11H,8-10H2,1-4H3. The second kappa shape index (κ2) is 3.28. The molecule has 1 fully saturated rings. The largest absolute Gasteiger partial charge is 0.492 e. The van der Waals surface area contributed by atoms with Crippen LogP contribution >= 0.6 is 0 Å². The first kappa shape index (κ1) is 11.1. The van der Waals surface area contributed by atoms with Crippen molar-refractivity contribution in [2.45, 2.75) is 51.4 Å². The Morgan fingerprint density at radius 2 is 1.94 bits per heavy atom. The van der Waals surface area contributed by atoms with E-state index < -0.39 is 0 Å². The Kier molecular flexibility index (Phi) is 2.14. The molecule has 0 aromatic heterocycles. The monoisotopic (exact) mass is 230 g/mol. The second-order valence-corrected chi connectivity index (χ2v) is 6.63. The number of ether oxygens (including phenoxy) is 1. The van der Waals surface area contributed by atoms with Crippen LogP contribution in [0.3, 0.4) is 0 Å². The molecule has 0 saturated heterocycles. The molecule has 2 aliphatic rings. The van der Waals surface area contributed by atoms with Crippen LogP contribution in [0.5, 0.6) is 5.75 Å². The Balaban J connectivity index is 2.12. The lowest BCUT2D eigenvalue weighted by atomic mass is 9.74. The molecule has 1 aliphatic heterocycles.